The second-order valence-corrected chi connectivity index (χ2v) is 8.41. The molecule has 0 aliphatic carbocycles. The Bertz CT molecular complexity index is 514. The Morgan fingerprint density at radius 2 is 1.50 bits per heavy atom. The molecule has 178 valence electrons. The van der Waals surface area contributed by atoms with Crippen molar-refractivity contribution in [2.75, 3.05) is 26.4 Å². The molecular formula is C19H37O10P. The van der Waals surface area contributed by atoms with Gasteiger partial charge in [-0.2, -0.15) is 0 Å². The van der Waals surface area contributed by atoms with Gasteiger partial charge in [-0.3, -0.25) is 18.6 Å². The van der Waals surface area contributed by atoms with Crippen molar-refractivity contribution in [1.82, 2.24) is 0 Å². The minimum Gasteiger partial charge on any atom is -0.462 e. The molecule has 0 saturated carbocycles. The summed E-state index contributed by atoms with van der Waals surface area (Å²) in [5.74, 6) is -1.00. The van der Waals surface area contributed by atoms with E-state index >= 15 is 0 Å². The maximum Gasteiger partial charge on any atom is 0.472 e. The maximum atomic E-state index is 12.0. The van der Waals surface area contributed by atoms with Crippen LogP contribution in [-0.2, 0) is 32.7 Å². The Labute approximate surface area is 178 Å². The van der Waals surface area contributed by atoms with Gasteiger partial charge in [-0.05, 0) is 12.8 Å². The summed E-state index contributed by atoms with van der Waals surface area (Å²) in [4.78, 5) is 33.2. The van der Waals surface area contributed by atoms with Crippen LogP contribution < -0.4 is 0 Å². The number of esters is 2. The Kier molecular flexibility index (Phi) is 17.0. The van der Waals surface area contributed by atoms with Crippen LogP contribution in [0.3, 0.4) is 0 Å². The van der Waals surface area contributed by atoms with Gasteiger partial charge in [0.2, 0.25) is 0 Å². The van der Waals surface area contributed by atoms with E-state index in [1.807, 2.05) is 6.92 Å². The fourth-order valence-electron chi connectivity index (χ4n) is 2.32. The molecule has 10 nitrogen and oxygen atoms in total. The van der Waals surface area contributed by atoms with E-state index in [2.05, 4.69) is 11.4 Å². The lowest BCUT2D eigenvalue weighted by Gasteiger charge is -2.20. The Balaban J connectivity index is 4.53. The number of hydrogen-bond donors (Lipinski definition) is 3. The lowest BCUT2D eigenvalue weighted by atomic mass is 10.1. The highest BCUT2D eigenvalue weighted by Gasteiger charge is 2.27. The van der Waals surface area contributed by atoms with E-state index in [1.165, 1.54) is 0 Å². The normalized spacial score (nSPS) is 15.2. The number of carbonyl (C=O) groups excluding carboxylic acids is 2. The largest absolute Gasteiger partial charge is 0.472 e. The first kappa shape index (κ1) is 29.0. The average Bonchev–Trinajstić information content (AvgIpc) is 2.71. The number of rotatable bonds is 19. The third kappa shape index (κ3) is 16.7. The zero-order valence-electron chi connectivity index (χ0n) is 18.0. The van der Waals surface area contributed by atoms with Crippen LogP contribution in [0.15, 0.2) is 0 Å². The molecule has 0 aromatic rings. The molecule has 0 radical (unpaired) electrons. The van der Waals surface area contributed by atoms with Gasteiger partial charge in [-0.1, -0.05) is 46.0 Å². The number of unbranched alkanes of at least 4 members (excludes halogenated alkanes) is 5. The summed E-state index contributed by atoms with van der Waals surface area (Å²) >= 11 is 0. The molecule has 0 amide bonds. The Morgan fingerprint density at radius 1 is 0.867 bits per heavy atom. The fraction of sp³-hybridized carbons (Fsp3) is 0.895. The van der Waals surface area contributed by atoms with Crippen molar-refractivity contribution in [3.8, 4) is 0 Å². The summed E-state index contributed by atoms with van der Waals surface area (Å²) in [6.07, 6.45) is 4.55. The Morgan fingerprint density at radius 3 is 2.13 bits per heavy atom. The van der Waals surface area contributed by atoms with E-state index in [9.17, 15) is 24.2 Å². The molecule has 30 heavy (non-hydrogen) atoms. The number of ether oxygens (including phenoxy) is 2. The minimum atomic E-state index is -4.56. The van der Waals surface area contributed by atoms with Crippen LogP contribution in [0.1, 0.15) is 71.6 Å². The first-order valence-corrected chi connectivity index (χ1v) is 12.0. The molecule has 0 rings (SSSR count). The van der Waals surface area contributed by atoms with Crippen molar-refractivity contribution in [3.63, 3.8) is 0 Å². The van der Waals surface area contributed by atoms with Crippen LogP contribution in [0.25, 0.3) is 0 Å². The van der Waals surface area contributed by atoms with Crippen LogP contribution in [-0.4, -0.2) is 65.7 Å². The van der Waals surface area contributed by atoms with Gasteiger partial charge in [0.05, 0.1) is 19.8 Å². The standard InChI is InChI=1S/C19H37O10P/c1-3-5-6-7-8-9-11-19(23)29-17(14-26-18(22)10-4-2)15-28-30(24,25)27-13-16(21)12-20/h16-17,20-21H,3-15H2,1-2H3,(H,24,25). The highest BCUT2D eigenvalue weighted by molar-refractivity contribution is 7.47. The fourth-order valence-corrected chi connectivity index (χ4v) is 3.11. The highest BCUT2D eigenvalue weighted by atomic mass is 31.2. The van der Waals surface area contributed by atoms with Crippen LogP contribution in [0.5, 0.6) is 0 Å². The lowest BCUT2D eigenvalue weighted by molar-refractivity contribution is -0.161. The molecular weight excluding hydrogens is 419 g/mol. The molecule has 0 aliphatic heterocycles. The zero-order valence-corrected chi connectivity index (χ0v) is 18.9. The molecule has 3 unspecified atom stereocenters. The molecule has 11 heteroatoms. The van der Waals surface area contributed by atoms with Gasteiger partial charge in [-0.25, -0.2) is 4.57 Å². The van der Waals surface area contributed by atoms with Gasteiger partial charge in [0.1, 0.15) is 12.7 Å². The minimum absolute atomic E-state index is 0.182. The van der Waals surface area contributed by atoms with E-state index in [-0.39, 0.29) is 19.4 Å². The summed E-state index contributed by atoms with van der Waals surface area (Å²) in [5.41, 5.74) is 0. The van der Waals surface area contributed by atoms with Crippen molar-refractivity contribution >= 4 is 19.8 Å². The van der Waals surface area contributed by atoms with Gasteiger partial charge in [0.15, 0.2) is 6.10 Å². The number of hydrogen-bond acceptors (Lipinski definition) is 9. The van der Waals surface area contributed by atoms with Crippen molar-refractivity contribution in [2.24, 2.45) is 0 Å². The van der Waals surface area contributed by atoms with Crippen molar-refractivity contribution in [1.29, 1.82) is 0 Å². The second kappa shape index (κ2) is 17.6. The smallest absolute Gasteiger partial charge is 0.462 e. The predicted octanol–water partition coefficient (Wildman–Crippen LogP) is 2.48. The summed E-state index contributed by atoms with van der Waals surface area (Å²) in [5, 5.41) is 17.9. The zero-order chi connectivity index (χ0) is 22.8. The monoisotopic (exact) mass is 456 g/mol. The van der Waals surface area contributed by atoms with Crippen molar-refractivity contribution in [2.45, 2.75) is 83.8 Å². The van der Waals surface area contributed by atoms with E-state index in [0.29, 0.717) is 12.8 Å². The SMILES string of the molecule is CCCCCCCCC(=O)OC(COC(=O)CCC)COP(=O)(O)OCC(O)CO. The number of phosphoric ester groups is 1. The first-order chi connectivity index (χ1) is 14.2. The summed E-state index contributed by atoms with van der Waals surface area (Å²) in [7, 11) is -4.56. The molecule has 0 aliphatic rings. The molecule has 0 aromatic carbocycles. The van der Waals surface area contributed by atoms with Crippen LogP contribution >= 0.6 is 7.82 Å². The van der Waals surface area contributed by atoms with Gasteiger partial charge in [0.25, 0.3) is 0 Å². The van der Waals surface area contributed by atoms with E-state index < -0.39 is 51.8 Å². The summed E-state index contributed by atoms with van der Waals surface area (Å²) in [6.45, 7) is 1.82. The number of aliphatic hydroxyl groups excluding tert-OH is 2. The van der Waals surface area contributed by atoms with E-state index in [0.717, 1.165) is 32.1 Å². The molecule has 0 spiro atoms. The predicted molar refractivity (Wildman–Crippen MR) is 109 cm³/mol. The second-order valence-electron chi connectivity index (χ2n) is 6.96. The van der Waals surface area contributed by atoms with Gasteiger partial charge in [-0.15, -0.1) is 0 Å². The van der Waals surface area contributed by atoms with Gasteiger partial charge < -0.3 is 24.6 Å². The Hall–Kier alpha value is -1.03. The third-order valence-corrected chi connectivity index (χ3v) is 4.93. The molecule has 0 saturated heterocycles. The number of carbonyl (C=O) groups is 2. The van der Waals surface area contributed by atoms with Crippen molar-refractivity contribution < 1.29 is 47.8 Å². The highest BCUT2D eigenvalue weighted by Crippen LogP contribution is 2.43. The van der Waals surface area contributed by atoms with Gasteiger partial charge >= 0.3 is 19.8 Å². The first-order valence-electron chi connectivity index (χ1n) is 10.5. The quantitative estimate of drug-likeness (QED) is 0.150. The number of aliphatic hydroxyl groups is 2. The molecule has 0 aromatic heterocycles. The van der Waals surface area contributed by atoms with Crippen LogP contribution in [0.4, 0.5) is 0 Å². The number of phosphoric acid groups is 1. The maximum absolute atomic E-state index is 12.0. The summed E-state index contributed by atoms with van der Waals surface area (Å²) < 4.78 is 31.4. The third-order valence-electron chi connectivity index (χ3n) is 3.98. The van der Waals surface area contributed by atoms with E-state index in [4.69, 9.17) is 19.1 Å². The molecule has 3 atom stereocenters. The molecule has 0 heterocycles. The molecule has 3 N–H and O–H groups in total. The lowest BCUT2D eigenvalue weighted by Crippen LogP contribution is -2.29. The van der Waals surface area contributed by atoms with E-state index in [1.54, 1.807) is 0 Å². The van der Waals surface area contributed by atoms with Crippen LogP contribution in [0.2, 0.25) is 0 Å². The van der Waals surface area contributed by atoms with Crippen molar-refractivity contribution in [3.05, 3.63) is 0 Å². The molecule has 0 bridgehead atoms. The van der Waals surface area contributed by atoms with Gasteiger partial charge in [0, 0.05) is 12.8 Å². The average molecular weight is 456 g/mol. The van der Waals surface area contributed by atoms with Crippen LogP contribution in [0, 0.1) is 0 Å². The summed E-state index contributed by atoms with van der Waals surface area (Å²) in [6, 6.07) is 0. The topological polar surface area (TPSA) is 149 Å². The molecule has 0 fully saturated rings.